The Morgan fingerprint density at radius 1 is 1.15 bits per heavy atom. The summed E-state index contributed by atoms with van der Waals surface area (Å²) in [4.78, 5) is 31.0. The summed E-state index contributed by atoms with van der Waals surface area (Å²) >= 11 is 0. The van der Waals surface area contributed by atoms with Crippen LogP contribution in [-0.4, -0.2) is 50.5 Å². The second-order valence-electron chi connectivity index (χ2n) is 8.61. The lowest BCUT2D eigenvalue weighted by Gasteiger charge is -2.39. The van der Waals surface area contributed by atoms with Crippen LogP contribution < -0.4 is 10.1 Å². The molecule has 2 aromatic heterocycles. The molecule has 9 heteroatoms. The van der Waals surface area contributed by atoms with Gasteiger partial charge in [0.25, 0.3) is 11.8 Å². The molecular formula is C25H20FN5O3. The topological polar surface area (TPSA) is 88.8 Å². The van der Waals surface area contributed by atoms with E-state index >= 15 is 0 Å². The van der Waals surface area contributed by atoms with Crippen molar-refractivity contribution < 1.29 is 18.7 Å². The Kier molecular flexibility index (Phi) is 4.58. The fourth-order valence-electron chi connectivity index (χ4n) is 4.30. The van der Waals surface area contributed by atoms with E-state index in [1.54, 1.807) is 39.9 Å². The molecule has 2 aliphatic rings. The Balaban J connectivity index is 1.22. The molecule has 170 valence electrons. The average molecular weight is 457 g/mol. The third kappa shape index (κ3) is 3.45. The van der Waals surface area contributed by atoms with Crippen LogP contribution in [0.15, 0.2) is 54.9 Å². The number of benzene rings is 2. The van der Waals surface area contributed by atoms with E-state index in [1.807, 2.05) is 19.2 Å². The van der Waals surface area contributed by atoms with Gasteiger partial charge in [0, 0.05) is 36.1 Å². The van der Waals surface area contributed by atoms with E-state index in [4.69, 9.17) is 4.74 Å². The highest BCUT2D eigenvalue weighted by molar-refractivity contribution is 6.00. The molecule has 0 radical (unpaired) electrons. The third-order valence-corrected chi connectivity index (χ3v) is 6.14. The largest absolute Gasteiger partial charge is 0.486 e. The smallest absolute Gasteiger partial charge is 0.274 e. The maximum Gasteiger partial charge on any atom is 0.274 e. The fraction of sp³-hybridized carbons (Fsp3) is 0.200. The maximum atomic E-state index is 13.5. The zero-order chi connectivity index (χ0) is 23.4. The first kappa shape index (κ1) is 20.3. The zero-order valence-electron chi connectivity index (χ0n) is 18.3. The number of carbonyl (C=O) groups excluding carboxylic acids is 2. The molecule has 8 nitrogen and oxygen atoms in total. The van der Waals surface area contributed by atoms with Crippen LogP contribution in [0.2, 0.25) is 0 Å². The van der Waals surface area contributed by atoms with E-state index in [9.17, 15) is 14.0 Å². The minimum absolute atomic E-state index is 0.137. The second kappa shape index (κ2) is 7.65. The average Bonchev–Trinajstić information content (AvgIpc) is 3.38. The van der Waals surface area contributed by atoms with E-state index in [0.29, 0.717) is 47.9 Å². The van der Waals surface area contributed by atoms with Crippen molar-refractivity contribution in [3.8, 4) is 16.9 Å². The molecule has 4 heterocycles. The van der Waals surface area contributed by atoms with Gasteiger partial charge in [0.15, 0.2) is 11.3 Å². The molecule has 1 N–H and O–H groups in total. The maximum absolute atomic E-state index is 13.5. The van der Waals surface area contributed by atoms with Crippen molar-refractivity contribution >= 4 is 17.5 Å². The summed E-state index contributed by atoms with van der Waals surface area (Å²) < 4.78 is 21.3. The van der Waals surface area contributed by atoms with E-state index in [2.05, 4.69) is 15.4 Å². The van der Waals surface area contributed by atoms with Crippen molar-refractivity contribution in [2.75, 3.05) is 13.1 Å². The Hall–Kier alpha value is -4.27. The quantitative estimate of drug-likeness (QED) is 0.509. The van der Waals surface area contributed by atoms with Crippen LogP contribution in [-0.2, 0) is 6.54 Å². The summed E-state index contributed by atoms with van der Waals surface area (Å²) in [5.41, 5.74) is 4.81. The number of fused-ring (bicyclic) bond motifs is 2. The first-order valence-electron chi connectivity index (χ1n) is 10.9. The molecule has 2 amide bonds. The molecule has 0 saturated carbocycles. The predicted octanol–water partition coefficient (Wildman–Crippen LogP) is 2.99. The van der Waals surface area contributed by atoms with Crippen molar-refractivity contribution in [2.24, 2.45) is 0 Å². The van der Waals surface area contributed by atoms with Crippen molar-refractivity contribution in [2.45, 2.75) is 19.6 Å². The first-order valence-corrected chi connectivity index (χ1v) is 10.9. The van der Waals surface area contributed by atoms with Gasteiger partial charge >= 0.3 is 0 Å². The summed E-state index contributed by atoms with van der Waals surface area (Å²) in [6.45, 7) is 3.18. The van der Waals surface area contributed by atoms with Gasteiger partial charge in [-0.05, 0) is 47.9 Å². The highest BCUT2D eigenvalue weighted by atomic mass is 19.1. The van der Waals surface area contributed by atoms with Crippen molar-refractivity contribution in [3.05, 3.63) is 83.1 Å². The number of rotatable bonds is 4. The Bertz CT molecular complexity index is 1460. The van der Waals surface area contributed by atoms with Gasteiger partial charge in [0.1, 0.15) is 17.7 Å². The van der Waals surface area contributed by atoms with E-state index in [0.717, 1.165) is 16.7 Å². The van der Waals surface area contributed by atoms with Crippen LogP contribution in [0.4, 0.5) is 4.39 Å². The standard InChI is InChI=1S/C25H20FN5O3/c1-14-9-27-23-8-21(29-31(23)11-14)25(33)30-12-18(13-30)34-22-6-16-10-28-24(32)20(16)7-19(22)15-2-4-17(26)5-3-15/h2-9,11,18H,10,12-13H2,1H3,(H,28,32). The number of hydrogen-bond acceptors (Lipinski definition) is 5. The zero-order valence-corrected chi connectivity index (χ0v) is 18.3. The van der Waals surface area contributed by atoms with Gasteiger partial charge < -0.3 is 15.0 Å². The Morgan fingerprint density at radius 2 is 1.94 bits per heavy atom. The fourth-order valence-corrected chi connectivity index (χ4v) is 4.30. The van der Waals surface area contributed by atoms with Gasteiger partial charge in [-0.15, -0.1) is 0 Å². The highest BCUT2D eigenvalue weighted by Crippen LogP contribution is 2.36. The van der Waals surface area contributed by atoms with Crippen molar-refractivity contribution in [1.29, 1.82) is 0 Å². The van der Waals surface area contributed by atoms with Gasteiger partial charge in [0.05, 0.1) is 13.1 Å². The number of hydrogen-bond donors (Lipinski definition) is 1. The van der Waals surface area contributed by atoms with Crippen LogP contribution in [0.3, 0.4) is 0 Å². The van der Waals surface area contributed by atoms with Gasteiger partial charge in [-0.1, -0.05) is 12.1 Å². The van der Waals surface area contributed by atoms with Crippen LogP contribution >= 0.6 is 0 Å². The van der Waals surface area contributed by atoms with E-state index < -0.39 is 0 Å². The number of nitrogens with one attached hydrogen (secondary N) is 1. The molecule has 6 rings (SSSR count). The lowest BCUT2D eigenvalue weighted by Crippen LogP contribution is -2.56. The van der Waals surface area contributed by atoms with Crippen LogP contribution in [0.1, 0.15) is 32.0 Å². The molecule has 0 unspecified atom stereocenters. The minimum Gasteiger partial charge on any atom is -0.486 e. The third-order valence-electron chi connectivity index (χ3n) is 6.14. The Morgan fingerprint density at radius 3 is 2.74 bits per heavy atom. The van der Waals surface area contributed by atoms with Crippen molar-refractivity contribution in [3.63, 3.8) is 0 Å². The van der Waals surface area contributed by atoms with Crippen LogP contribution in [0.5, 0.6) is 5.75 Å². The van der Waals surface area contributed by atoms with Crippen molar-refractivity contribution in [1.82, 2.24) is 24.8 Å². The van der Waals surface area contributed by atoms with Gasteiger partial charge in [-0.3, -0.25) is 9.59 Å². The molecule has 0 aliphatic carbocycles. The number of aromatic nitrogens is 3. The lowest BCUT2D eigenvalue weighted by atomic mass is 9.98. The number of halogens is 1. The van der Waals surface area contributed by atoms with Gasteiger partial charge in [-0.2, -0.15) is 5.10 Å². The van der Waals surface area contributed by atoms with Crippen LogP contribution in [0.25, 0.3) is 16.8 Å². The van der Waals surface area contributed by atoms with E-state index in [1.165, 1.54) is 12.1 Å². The summed E-state index contributed by atoms with van der Waals surface area (Å²) in [5.74, 6) is -0.0464. The number of aryl methyl sites for hydroxylation is 1. The molecular weight excluding hydrogens is 437 g/mol. The molecule has 2 aromatic carbocycles. The number of likely N-dealkylation sites (tertiary alicyclic amines) is 1. The second-order valence-corrected chi connectivity index (χ2v) is 8.61. The minimum atomic E-state index is -0.337. The van der Waals surface area contributed by atoms with Gasteiger partial charge in [-0.25, -0.2) is 13.9 Å². The molecule has 4 aromatic rings. The number of nitrogens with zero attached hydrogens (tertiary/aromatic N) is 4. The molecule has 1 fully saturated rings. The van der Waals surface area contributed by atoms with E-state index in [-0.39, 0.29) is 23.7 Å². The number of carbonyl (C=O) groups is 2. The predicted molar refractivity (Wildman–Crippen MR) is 121 cm³/mol. The highest BCUT2D eigenvalue weighted by Gasteiger charge is 2.35. The Labute approximate surface area is 194 Å². The summed E-state index contributed by atoms with van der Waals surface area (Å²) in [5, 5.41) is 7.16. The molecule has 0 spiro atoms. The molecule has 0 bridgehead atoms. The summed E-state index contributed by atoms with van der Waals surface area (Å²) in [7, 11) is 0. The normalized spacial score (nSPS) is 15.2. The summed E-state index contributed by atoms with van der Waals surface area (Å²) in [6, 6.07) is 11.4. The molecule has 2 aliphatic heterocycles. The monoisotopic (exact) mass is 457 g/mol. The number of amides is 2. The molecule has 1 saturated heterocycles. The van der Waals surface area contributed by atoms with Gasteiger partial charge in [0.2, 0.25) is 0 Å². The molecule has 34 heavy (non-hydrogen) atoms. The SMILES string of the molecule is Cc1cnc2cc(C(=O)N3CC(Oc4cc5c(cc4-c4ccc(F)cc4)C(=O)NC5)C3)nn2c1. The summed E-state index contributed by atoms with van der Waals surface area (Å²) in [6.07, 6.45) is 3.35. The lowest BCUT2D eigenvalue weighted by molar-refractivity contribution is 0.0175. The molecule has 0 atom stereocenters. The first-order chi connectivity index (χ1) is 16.4. The van der Waals surface area contributed by atoms with Crippen LogP contribution in [0, 0.1) is 12.7 Å². The number of ether oxygens (including phenoxy) is 1.